The smallest absolute Gasteiger partial charge is 0.221 e. The molecule has 2 N–H and O–H groups in total. The van der Waals surface area contributed by atoms with Gasteiger partial charge in [0.1, 0.15) is 0 Å². The molecule has 0 bridgehead atoms. The molecule has 5 nitrogen and oxygen atoms in total. The Hall–Kier alpha value is -1.36. The second-order valence-electron chi connectivity index (χ2n) is 5.08. The number of nitrogens with one attached hydrogen (secondary N) is 2. The van der Waals surface area contributed by atoms with Crippen LogP contribution < -0.4 is 10.6 Å². The number of amides is 1. The molecule has 1 aliphatic carbocycles. The highest BCUT2D eigenvalue weighted by Crippen LogP contribution is 2.18. The lowest BCUT2D eigenvalue weighted by Gasteiger charge is -2.13. The first-order chi connectivity index (χ1) is 8.58. The molecule has 0 aliphatic heterocycles. The molecule has 1 aliphatic rings. The van der Waals surface area contributed by atoms with Crippen LogP contribution >= 0.6 is 0 Å². The molecule has 1 unspecified atom stereocenters. The molecule has 0 aromatic carbocycles. The highest BCUT2D eigenvalue weighted by molar-refractivity contribution is 5.76. The minimum absolute atomic E-state index is 0.0205. The van der Waals surface area contributed by atoms with Crippen molar-refractivity contribution in [3.8, 4) is 0 Å². The van der Waals surface area contributed by atoms with E-state index in [1.54, 1.807) is 0 Å². The molecule has 0 saturated heterocycles. The Morgan fingerprint density at radius 2 is 2.33 bits per heavy atom. The predicted octanol–water partition coefficient (Wildman–Crippen LogP) is 1.05. The summed E-state index contributed by atoms with van der Waals surface area (Å²) in [4.78, 5) is 11.8. The van der Waals surface area contributed by atoms with E-state index in [9.17, 15) is 4.79 Å². The van der Waals surface area contributed by atoms with Gasteiger partial charge in [-0.15, -0.1) is 0 Å². The Kier molecular flexibility index (Phi) is 4.01. The van der Waals surface area contributed by atoms with Crippen LogP contribution in [0, 0.1) is 6.92 Å². The van der Waals surface area contributed by atoms with Crippen LogP contribution in [0.4, 0.5) is 0 Å². The van der Waals surface area contributed by atoms with E-state index in [-0.39, 0.29) is 11.9 Å². The van der Waals surface area contributed by atoms with Crippen molar-refractivity contribution in [3.63, 3.8) is 0 Å². The van der Waals surface area contributed by atoms with Crippen molar-refractivity contribution in [2.75, 3.05) is 6.54 Å². The summed E-state index contributed by atoms with van der Waals surface area (Å²) in [6.45, 7) is 4.78. The van der Waals surface area contributed by atoms with Gasteiger partial charge in [0.2, 0.25) is 5.91 Å². The first kappa shape index (κ1) is 13.1. The maximum Gasteiger partial charge on any atom is 0.221 e. The Labute approximate surface area is 108 Å². The maximum atomic E-state index is 11.8. The molecule has 1 saturated carbocycles. The van der Waals surface area contributed by atoms with Crippen molar-refractivity contribution in [2.45, 2.75) is 45.2 Å². The summed E-state index contributed by atoms with van der Waals surface area (Å²) in [5.74, 6) is 0.0962. The van der Waals surface area contributed by atoms with E-state index >= 15 is 0 Å². The molecule has 100 valence electrons. The van der Waals surface area contributed by atoms with Crippen LogP contribution in [0.2, 0.25) is 0 Å². The summed E-state index contributed by atoms with van der Waals surface area (Å²) in [5.41, 5.74) is 2.18. The summed E-state index contributed by atoms with van der Waals surface area (Å²) in [7, 11) is 1.91. The van der Waals surface area contributed by atoms with E-state index in [0.717, 1.165) is 17.8 Å². The normalized spacial score (nSPS) is 16.6. The summed E-state index contributed by atoms with van der Waals surface area (Å²) in [5, 5.41) is 10.5. The topological polar surface area (TPSA) is 59.0 Å². The zero-order chi connectivity index (χ0) is 13.1. The summed E-state index contributed by atoms with van der Waals surface area (Å²) >= 11 is 0. The molecule has 2 rings (SSSR count). The molecule has 1 amide bonds. The van der Waals surface area contributed by atoms with Gasteiger partial charge in [-0.3, -0.25) is 9.48 Å². The van der Waals surface area contributed by atoms with Crippen LogP contribution in [0.1, 0.15) is 43.5 Å². The number of aryl methyl sites for hydroxylation is 1. The van der Waals surface area contributed by atoms with Gasteiger partial charge in [0.15, 0.2) is 0 Å². The van der Waals surface area contributed by atoms with E-state index in [0.29, 0.717) is 12.5 Å². The number of carbonyl (C=O) groups is 1. The summed E-state index contributed by atoms with van der Waals surface area (Å²) in [6.07, 6.45) is 4.88. The molecule has 18 heavy (non-hydrogen) atoms. The van der Waals surface area contributed by atoms with Crippen molar-refractivity contribution in [2.24, 2.45) is 7.05 Å². The fourth-order valence-electron chi connectivity index (χ4n) is 2.01. The first-order valence-electron chi connectivity index (χ1n) is 6.59. The minimum Gasteiger partial charge on any atom is -0.349 e. The van der Waals surface area contributed by atoms with Gasteiger partial charge in [0.05, 0.1) is 12.2 Å². The van der Waals surface area contributed by atoms with Crippen LogP contribution in [-0.4, -0.2) is 28.3 Å². The molecule has 1 heterocycles. The van der Waals surface area contributed by atoms with Crippen LogP contribution in [0.25, 0.3) is 0 Å². The molecule has 0 spiro atoms. The fourth-order valence-corrected chi connectivity index (χ4v) is 2.01. The number of aromatic nitrogens is 2. The van der Waals surface area contributed by atoms with Gasteiger partial charge < -0.3 is 10.6 Å². The van der Waals surface area contributed by atoms with E-state index in [1.807, 2.05) is 31.8 Å². The lowest BCUT2D eigenvalue weighted by atomic mass is 10.1. The third-order valence-corrected chi connectivity index (χ3v) is 3.48. The Morgan fingerprint density at radius 1 is 1.61 bits per heavy atom. The van der Waals surface area contributed by atoms with Gasteiger partial charge in [-0.25, -0.2) is 0 Å². The summed E-state index contributed by atoms with van der Waals surface area (Å²) < 4.78 is 1.83. The summed E-state index contributed by atoms with van der Waals surface area (Å²) in [6, 6.07) is 0.683. The third-order valence-electron chi connectivity index (χ3n) is 3.48. The second kappa shape index (κ2) is 5.52. The number of carbonyl (C=O) groups excluding carboxylic acids is 1. The number of rotatable bonds is 6. The monoisotopic (exact) mass is 250 g/mol. The minimum atomic E-state index is 0.0205. The largest absolute Gasteiger partial charge is 0.349 e. The number of hydrogen-bond acceptors (Lipinski definition) is 3. The maximum absolute atomic E-state index is 11.8. The van der Waals surface area contributed by atoms with Crippen molar-refractivity contribution in [3.05, 3.63) is 17.5 Å². The first-order valence-corrected chi connectivity index (χ1v) is 6.59. The van der Waals surface area contributed by atoms with E-state index in [1.165, 1.54) is 12.8 Å². The number of nitrogens with zero attached hydrogens (tertiary/aromatic N) is 2. The average molecular weight is 250 g/mol. The highest BCUT2D eigenvalue weighted by Gasteiger charge is 2.20. The zero-order valence-electron chi connectivity index (χ0n) is 11.4. The van der Waals surface area contributed by atoms with Crippen molar-refractivity contribution < 1.29 is 4.79 Å². The van der Waals surface area contributed by atoms with E-state index in [2.05, 4.69) is 15.7 Å². The Balaban J connectivity index is 1.76. The zero-order valence-corrected chi connectivity index (χ0v) is 11.4. The second-order valence-corrected chi connectivity index (χ2v) is 5.08. The van der Waals surface area contributed by atoms with Crippen molar-refractivity contribution in [1.82, 2.24) is 20.4 Å². The molecular formula is C13H22N4O. The lowest BCUT2D eigenvalue weighted by Crippen LogP contribution is -2.30. The van der Waals surface area contributed by atoms with Crippen molar-refractivity contribution in [1.29, 1.82) is 0 Å². The Bertz CT molecular complexity index is 423. The van der Waals surface area contributed by atoms with Gasteiger partial charge in [0.25, 0.3) is 0 Å². The Morgan fingerprint density at radius 3 is 2.89 bits per heavy atom. The SMILES string of the molecule is Cc1c(C(C)NC(=O)CCNC2CC2)cnn1C. The van der Waals surface area contributed by atoms with E-state index in [4.69, 9.17) is 0 Å². The highest BCUT2D eigenvalue weighted by atomic mass is 16.1. The molecule has 1 atom stereocenters. The van der Waals surface area contributed by atoms with E-state index < -0.39 is 0 Å². The van der Waals surface area contributed by atoms with Gasteiger partial charge >= 0.3 is 0 Å². The predicted molar refractivity (Wildman–Crippen MR) is 70.1 cm³/mol. The molecule has 1 aromatic rings. The number of hydrogen-bond donors (Lipinski definition) is 2. The van der Waals surface area contributed by atoms with Gasteiger partial charge in [-0.1, -0.05) is 0 Å². The van der Waals surface area contributed by atoms with Crippen LogP contribution in [0.3, 0.4) is 0 Å². The third kappa shape index (κ3) is 3.32. The fraction of sp³-hybridized carbons (Fsp3) is 0.692. The molecular weight excluding hydrogens is 228 g/mol. The quantitative estimate of drug-likeness (QED) is 0.793. The van der Waals surface area contributed by atoms with Gasteiger partial charge in [-0.05, 0) is 26.7 Å². The van der Waals surface area contributed by atoms with Crippen LogP contribution in [0.5, 0.6) is 0 Å². The van der Waals surface area contributed by atoms with Crippen molar-refractivity contribution >= 4 is 5.91 Å². The average Bonchev–Trinajstić information content (AvgIpc) is 3.07. The molecule has 5 heteroatoms. The molecule has 1 fully saturated rings. The molecule has 0 radical (unpaired) electrons. The van der Waals surface area contributed by atoms with Crippen LogP contribution in [-0.2, 0) is 11.8 Å². The van der Waals surface area contributed by atoms with Gasteiger partial charge in [-0.2, -0.15) is 5.10 Å². The van der Waals surface area contributed by atoms with Crippen LogP contribution in [0.15, 0.2) is 6.20 Å². The van der Waals surface area contributed by atoms with Gasteiger partial charge in [0, 0.05) is 37.3 Å². The standard InChI is InChI=1S/C13H22N4O/c1-9(12-8-15-17(3)10(12)2)16-13(18)6-7-14-11-4-5-11/h8-9,11,14H,4-7H2,1-3H3,(H,16,18). The molecule has 1 aromatic heterocycles. The lowest BCUT2D eigenvalue weighted by molar-refractivity contribution is -0.121.